The van der Waals surface area contributed by atoms with Gasteiger partial charge in [0.15, 0.2) is 6.10 Å². The summed E-state index contributed by atoms with van der Waals surface area (Å²) in [5.41, 5.74) is 5.64. The fourth-order valence-electron chi connectivity index (χ4n) is 5.40. The summed E-state index contributed by atoms with van der Waals surface area (Å²) in [7, 11) is 2.86. The standard InChI is InChI=1S/C34H42N4O9/c1-18-14-22-28(38-33(43)23-11-7-8-13-36-23)25(39)17-24(30(22)41)37-32(42)19(2)10-9-12-26(45-5)31(47-34(35)44)21(4)16-20(3)29(40)27(15-18)46-6/h7-13,16-18,20,26-27,29,31,40H,14-15H2,1-6H3,(H2,35,44)(H,37,42)(H,38,43)/b12-9-,19-10+,21-16+/t18-,20+,26+,27+,29-,31+/m1/s1. The Balaban J connectivity index is 2.09. The molecule has 13 heteroatoms. The number of fused-ring (bicyclic) bond motifs is 2. The van der Waals surface area contributed by atoms with Gasteiger partial charge in [0, 0.05) is 43.6 Å². The number of Topliss-reactive ketones (excluding diaryl/α,β-unsaturated/α-hetero) is 1. The van der Waals surface area contributed by atoms with Crippen molar-refractivity contribution in [2.75, 3.05) is 14.2 Å². The second kappa shape index (κ2) is 16.7. The first kappa shape index (κ1) is 36.7. The number of methoxy groups -OCH3 is 2. The van der Waals surface area contributed by atoms with Crippen LogP contribution in [0.25, 0.3) is 0 Å². The van der Waals surface area contributed by atoms with Gasteiger partial charge in [-0.25, -0.2) is 4.79 Å². The van der Waals surface area contributed by atoms with Gasteiger partial charge in [-0.05, 0) is 50.3 Å². The van der Waals surface area contributed by atoms with E-state index in [2.05, 4.69) is 15.6 Å². The van der Waals surface area contributed by atoms with Gasteiger partial charge < -0.3 is 35.7 Å². The lowest BCUT2D eigenvalue weighted by Gasteiger charge is -2.30. The molecular formula is C34H42N4O9. The summed E-state index contributed by atoms with van der Waals surface area (Å²) in [6.45, 7) is 6.80. The van der Waals surface area contributed by atoms with Crippen molar-refractivity contribution in [2.24, 2.45) is 17.6 Å². The van der Waals surface area contributed by atoms with E-state index in [-0.39, 0.29) is 47.0 Å². The predicted octanol–water partition coefficient (Wildman–Crippen LogP) is 2.59. The molecule has 1 aromatic heterocycles. The van der Waals surface area contributed by atoms with Crippen LogP contribution in [0.15, 0.2) is 82.9 Å². The van der Waals surface area contributed by atoms with E-state index in [0.29, 0.717) is 5.57 Å². The Bertz CT molecular complexity index is 1530. The maximum Gasteiger partial charge on any atom is 0.405 e. The molecule has 1 aliphatic carbocycles. The molecule has 0 spiro atoms. The summed E-state index contributed by atoms with van der Waals surface area (Å²) in [5.74, 6) is -3.52. The molecule has 2 bridgehead atoms. The Hall–Kier alpha value is -4.72. The third-order valence-corrected chi connectivity index (χ3v) is 7.93. The zero-order valence-electron chi connectivity index (χ0n) is 27.3. The van der Waals surface area contributed by atoms with Crippen LogP contribution < -0.4 is 16.4 Å². The number of aliphatic hydroxyl groups is 1. The first-order valence-corrected chi connectivity index (χ1v) is 15.1. The molecule has 1 aliphatic heterocycles. The molecule has 6 atom stereocenters. The Morgan fingerprint density at radius 2 is 1.83 bits per heavy atom. The van der Waals surface area contributed by atoms with E-state index in [4.69, 9.17) is 19.9 Å². The molecule has 0 aromatic carbocycles. The quantitative estimate of drug-likeness (QED) is 0.272. The number of nitrogens with zero attached hydrogens (tertiary/aromatic N) is 1. The molecule has 2 heterocycles. The predicted molar refractivity (Wildman–Crippen MR) is 171 cm³/mol. The summed E-state index contributed by atoms with van der Waals surface area (Å²) >= 11 is 0. The molecule has 13 nitrogen and oxygen atoms in total. The number of rotatable bonds is 5. The lowest BCUT2D eigenvalue weighted by atomic mass is 9.85. The molecule has 0 saturated heterocycles. The third-order valence-electron chi connectivity index (χ3n) is 7.93. The smallest absolute Gasteiger partial charge is 0.405 e. The van der Waals surface area contributed by atoms with Crippen LogP contribution in [0.2, 0.25) is 0 Å². The van der Waals surface area contributed by atoms with Gasteiger partial charge in [0.2, 0.25) is 11.6 Å². The molecule has 1 aromatic rings. The summed E-state index contributed by atoms with van der Waals surface area (Å²) < 4.78 is 16.6. The number of carbonyl (C=O) groups is 5. The number of nitrogens with one attached hydrogen (secondary N) is 2. The fourth-order valence-corrected chi connectivity index (χ4v) is 5.40. The molecule has 5 N–H and O–H groups in total. The number of hydrogen-bond acceptors (Lipinski definition) is 10. The lowest BCUT2D eigenvalue weighted by Crippen LogP contribution is -2.38. The average Bonchev–Trinajstić information content (AvgIpc) is 3.04. The van der Waals surface area contributed by atoms with E-state index in [9.17, 15) is 29.1 Å². The summed E-state index contributed by atoms with van der Waals surface area (Å²) in [5, 5.41) is 16.4. The van der Waals surface area contributed by atoms with E-state index < -0.39 is 59.8 Å². The van der Waals surface area contributed by atoms with E-state index in [1.165, 1.54) is 45.6 Å². The molecular weight excluding hydrogens is 608 g/mol. The van der Waals surface area contributed by atoms with Crippen molar-refractivity contribution in [1.29, 1.82) is 0 Å². The SMILES string of the molecule is CO[C@H]1/C=C\C=C(/C)C(=O)NC2=CC(=O)C(NC(=O)c3ccccn3)=C(C[C@@H](C)C[C@H](OC)[C@H](O)[C@@H](C)/C=C(\C)[C@@H]1OC(N)=O)C2=O. The van der Waals surface area contributed by atoms with Crippen molar-refractivity contribution in [3.05, 3.63) is 88.6 Å². The zero-order chi connectivity index (χ0) is 34.8. The van der Waals surface area contributed by atoms with E-state index >= 15 is 0 Å². The lowest BCUT2D eigenvalue weighted by molar-refractivity contribution is -0.120. The number of aliphatic hydroxyl groups excluding tert-OH is 1. The summed E-state index contributed by atoms with van der Waals surface area (Å²) in [6.07, 6.45) is 4.36. The van der Waals surface area contributed by atoms with Crippen molar-refractivity contribution in [3.8, 4) is 0 Å². The molecule has 47 heavy (non-hydrogen) atoms. The topological polar surface area (TPSA) is 196 Å². The molecule has 3 rings (SSSR count). The monoisotopic (exact) mass is 650 g/mol. The van der Waals surface area contributed by atoms with Crippen LogP contribution in [-0.2, 0) is 28.6 Å². The third kappa shape index (κ3) is 9.64. The first-order valence-electron chi connectivity index (χ1n) is 15.1. The highest BCUT2D eigenvalue weighted by Crippen LogP contribution is 2.29. The molecule has 0 fully saturated rings. The van der Waals surface area contributed by atoms with Crippen LogP contribution in [0.4, 0.5) is 4.79 Å². The van der Waals surface area contributed by atoms with Crippen LogP contribution in [0.3, 0.4) is 0 Å². The normalized spacial score (nSPS) is 29.4. The van der Waals surface area contributed by atoms with Gasteiger partial charge in [0.1, 0.15) is 11.8 Å². The highest BCUT2D eigenvalue weighted by Gasteiger charge is 2.34. The summed E-state index contributed by atoms with van der Waals surface area (Å²) in [4.78, 5) is 69.0. The Kier molecular flexibility index (Phi) is 13.1. The minimum Gasteiger partial charge on any atom is -0.439 e. The number of hydrogen-bond donors (Lipinski definition) is 4. The number of ketones is 2. The van der Waals surface area contributed by atoms with Crippen molar-refractivity contribution < 1.29 is 43.3 Å². The largest absolute Gasteiger partial charge is 0.439 e. The van der Waals surface area contributed by atoms with Crippen molar-refractivity contribution in [1.82, 2.24) is 15.6 Å². The highest BCUT2D eigenvalue weighted by molar-refractivity contribution is 6.24. The van der Waals surface area contributed by atoms with Gasteiger partial charge in [-0.2, -0.15) is 0 Å². The Morgan fingerprint density at radius 3 is 2.45 bits per heavy atom. The maximum absolute atomic E-state index is 13.8. The minimum atomic E-state index is -1.04. The highest BCUT2D eigenvalue weighted by atomic mass is 16.6. The number of allylic oxidation sites excluding steroid dienone is 4. The van der Waals surface area contributed by atoms with Gasteiger partial charge in [0.25, 0.3) is 11.8 Å². The second-order valence-corrected chi connectivity index (χ2v) is 11.6. The number of primary amides is 1. The van der Waals surface area contributed by atoms with Crippen molar-refractivity contribution >= 4 is 29.5 Å². The number of nitrogens with two attached hydrogens (primary N) is 1. The van der Waals surface area contributed by atoms with Gasteiger partial charge in [0.05, 0.1) is 23.6 Å². The Labute approximate surface area is 273 Å². The van der Waals surface area contributed by atoms with E-state index in [0.717, 1.165) is 6.08 Å². The maximum atomic E-state index is 13.8. The van der Waals surface area contributed by atoms with Gasteiger partial charge in [-0.1, -0.05) is 44.2 Å². The van der Waals surface area contributed by atoms with Gasteiger partial charge >= 0.3 is 6.09 Å². The summed E-state index contributed by atoms with van der Waals surface area (Å²) in [6, 6.07) is 4.71. The van der Waals surface area contributed by atoms with Crippen molar-refractivity contribution in [2.45, 2.75) is 65.0 Å². The van der Waals surface area contributed by atoms with Gasteiger partial charge in [-0.3, -0.25) is 24.2 Å². The first-order chi connectivity index (χ1) is 22.3. The average molecular weight is 651 g/mol. The number of aromatic nitrogens is 1. The Morgan fingerprint density at radius 1 is 1.11 bits per heavy atom. The van der Waals surface area contributed by atoms with Crippen LogP contribution in [0, 0.1) is 11.8 Å². The molecule has 2 aliphatic rings. The minimum absolute atomic E-state index is 0.00699. The van der Waals surface area contributed by atoms with Crippen molar-refractivity contribution in [3.63, 3.8) is 0 Å². The van der Waals surface area contributed by atoms with E-state index in [1.807, 2.05) is 6.92 Å². The number of pyridine rings is 1. The molecule has 252 valence electrons. The number of ether oxygens (including phenoxy) is 3. The second-order valence-electron chi connectivity index (χ2n) is 11.6. The van der Waals surface area contributed by atoms with Crippen LogP contribution in [-0.4, -0.2) is 78.2 Å². The van der Waals surface area contributed by atoms with Crippen LogP contribution in [0.5, 0.6) is 0 Å². The van der Waals surface area contributed by atoms with E-state index in [1.54, 1.807) is 38.1 Å². The fraction of sp³-hybridized carbons (Fsp3) is 0.412. The molecule has 0 radical (unpaired) electrons. The van der Waals surface area contributed by atoms with Crippen LogP contribution >= 0.6 is 0 Å². The van der Waals surface area contributed by atoms with Crippen LogP contribution in [0.1, 0.15) is 51.0 Å². The molecule has 0 unspecified atom stereocenters. The molecule has 3 amide bonds. The number of amides is 3. The van der Waals surface area contributed by atoms with Gasteiger partial charge in [-0.15, -0.1) is 0 Å². The molecule has 0 saturated carbocycles. The zero-order valence-corrected chi connectivity index (χ0v) is 27.3. The number of carbonyl (C=O) groups excluding carboxylic acids is 5.